The molecule has 0 radical (unpaired) electrons. The Bertz CT molecular complexity index is 1260. The molecule has 0 amide bonds. The van der Waals surface area contributed by atoms with Crippen molar-refractivity contribution in [2.75, 3.05) is 0 Å². The van der Waals surface area contributed by atoms with E-state index in [9.17, 15) is 0 Å². The fraction of sp³-hybridized carbons (Fsp3) is 0.107. The third-order valence-electron chi connectivity index (χ3n) is 5.99. The van der Waals surface area contributed by atoms with Gasteiger partial charge in [-0.05, 0) is 53.4 Å². The highest BCUT2D eigenvalue weighted by Gasteiger charge is 2.19. The van der Waals surface area contributed by atoms with Gasteiger partial charge in [0.15, 0.2) is 11.7 Å². The predicted octanol–water partition coefficient (Wildman–Crippen LogP) is 6.35. The van der Waals surface area contributed by atoms with Gasteiger partial charge in [0.05, 0.1) is 0 Å². The summed E-state index contributed by atoms with van der Waals surface area (Å²) in [4.78, 5) is 8.71. The van der Waals surface area contributed by atoms with Crippen molar-refractivity contribution in [1.29, 1.82) is 5.41 Å². The minimum Gasteiger partial charge on any atom is -0.282 e. The summed E-state index contributed by atoms with van der Waals surface area (Å²) in [6.07, 6.45) is 8.10. The molecule has 5 rings (SSSR count). The van der Waals surface area contributed by atoms with Crippen molar-refractivity contribution in [2.45, 2.75) is 18.8 Å². The summed E-state index contributed by atoms with van der Waals surface area (Å²) in [5.41, 5.74) is 8.09. The Balaban J connectivity index is 1.45. The number of nitrogens with one attached hydrogen (secondary N) is 1. The molecule has 3 aromatic carbocycles. The van der Waals surface area contributed by atoms with Gasteiger partial charge in [0.2, 0.25) is 0 Å². The molecule has 0 heterocycles. The van der Waals surface area contributed by atoms with Crippen molar-refractivity contribution < 1.29 is 0 Å². The van der Waals surface area contributed by atoms with Crippen LogP contribution in [0.15, 0.2) is 107 Å². The third kappa shape index (κ3) is 3.71. The van der Waals surface area contributed by atoms with Crippen LogP contribution >= 0.6 is 0 Å². The molecule has 0 saturated carbocycles. The molecule has 0 saturated heterocycles. The SMILES string of the molecule is C=NC(=NC(=N)C1=CC(c2ccccc2)CC=C1)c1ccc2c(c1)-c1ccccc1C2. The normalized spacial score (nSPS) is 17.0. The molecule has 150 valence electrons. The van der Waals surface area contributed by atoms with E-state index in [4.69, 9.17) is 5.41 Å². The van der Waals surface area contributed by atoms with Crippen LogP contribution in [-0.2, 0) is 6.42 Å². The van der Waals surface area contributed by atoms with Crippen molar-refractivity contribution in [1.82, 2.24) is 0 Å². The summed E-state index contributed by atoms with van der Waals surface area (Å²) in [6, 6.07) is 25.2. The maximum Gasteiger partial charge on any atom is 0.161 e. The average Bonchev–Trinajstić information content (AvgIpc) is 3.21. The molecule has 1 atom stereocenters. The van der Waals surface area contributed by atoms with Gasteiger partial charge >= 0.3 is 0 Å². The zero-order valence-electron chi connectivity index (χ0n) is 17.3. The van der Waals surface area contributed by atoms with Crippen LogP contribution in [0.2, 0.25) is 0 Å². The topological polar surface area (TPSA) is 48.6 Å². The van der Waals surface area contributed by atoms with Crippen LogP contribution in [0.4, 0.5) is 0 Å². The number of benzene rings is 3. The number of nitrogens with zero attached hydrogens (tertiary/aromatic N) is 2. The van der Waals surface area contributed by atoms with E-state index in [0.29, 0.717) is 5.84 Å². The molecule has 1 N–H and O–H groups in total. The average molecular weight is 402 g/mol. The van der Waals surface area contributed by atoms with Crippen molar-refractivity contribution in [3.63, 3.8) is 0 Å². The second kappa shape index (κ2) is 8.11. The first-order valence-corrected chi connectivity index (χ1v) is 10.5. The largest absolute Gasteiger partial charge is 0.282 e. The van der Waals surface area contributed by atoms with Gasteiger partial charge in [-0.25, -0.2) is 9.98 Å². The Labute approximate surface area is 182 Å². The summed E-state index contributed by atoms with van der Waals surface area (Å²) in [7, 11) is 0. The number of aliphatic imine (C=N–C) groups is 2. The Morgan fingerprint density at radius 1 is 0.903 bits per heavy atom. The first-order valence-electron chi connectivity index (χ1n) is 10.5. The van der Waals surface area contributed by atoms with Crippen molar-refractivity contribution in [3.8, 4) is 11.1 Å². The molecular formula is C28H23N3. The molecule has 3 heteroatoms. The molecule has 3 aromatic rings. The lowest BCUT2D eigenvalue weighted by Crippen LogP contribution is -2.08. The van der Waals surface area contributed by atoms with Crippen LogP contribution < -0.4 is 0 Å². The fourth-order valence-electron chi connectivity index (χ4n) is 4.40. The number of hydrogen-bond donors (Lipinski definition) is 1. The Morgan fingerprint density at radius 3 is 2.52 bits per heavy atom. The first kappa shape index (κ1) is 19.1. The van der Waals surface area contributed by atoms with Gasteiger partial charge in [0, 0.05) is 17.1 Å². The summed E-state index contributed by atoms with van der Waals surface area (Å²) in [6.45, 7) is 3.72. The highest BCUT2D eigenvalue weighted by molar-refractivity contribution is 6.13. The molecule has 1 unspecified atom stereocenters. The second-order valence-electron chi connectivity index (χ2n) is 7.93. The number of fused-ring (bicyclic) bond motifs is 3. The van der Waals surface area contributed by atoms with Crippen molar-refractivity contribution in [3.05, 3.63) is 119 Å². The molecular weight excluding hydrogens is 378 g/mol. The van der Waals surface area contributed by atoms with Gasteiger partial charge in [-0.3, -0.25) is 5.41 Å². The number of amidine groups is 2. The lowest BCUT2D eigenvalue weighted by molar-refractivity contribution is 0.849. The molecule has 2 aliphatic carbocycles. The number of hydrogen-bond acceptors (Lipinski definition) is 1. The highest BCUT2D eigenvalue weighted by Crippen LogP contribution is 2.37. The maximum atomic E-state index is 8.59. The van der Waals surface area contributed by atoms with Crippen LogP contribution in [0.5, 0.6) is 0 Å². The van der Waals surface area contributed by atoms with Crippen molar-refractivity contribution in [2.24, 2.45) is 9.98 Å². The third-order valence-corrected chi connectivity index (χ3v) is 5.99. The highest BCUT2D eigenvalue weighted by atomic mass is 14.9. The molecule has 0 aromatic heterocycles. The fourth-order valence-corrected chi connectivity index (χ4v) is 4.40. The molecule has 0 bridgehead atoms. The van der Waals surface area contributed by atoms with Gasteiger partial charge in [0.1, 0.15) is 0 Å². The van der Waals surface area contributed by atoms with E-state index in [1.165, 1.54) is 27.8 Å². The first-order chi connectivity index (χ1) is 15.2. The van der Waals surface area contributed by atoms with Crippen LogP contribution in [0.25, 0.3) is 11.1 Å². The Morgan fingerprint density at radius 2 is 1.68 bits per heavy atom. The molecule has 2 aliphatic rings. The van der Waals surface area contributed by atoms with Gasteiger partial charge in [-0.2, -0.15) is 0 Å². The zero-order chi connectivity index (χ0) is 21.2. The standard InChI is InChI=1S/C28H23N3/c1-30-28(24-15-14-22-17-21-10-5-6-13-25(21)26(22)18-24)31-27(29)23-12-7-11-20(16-23)19-8-3-2-4-9-19/h2-10,12-16,18,20,29H,1,11,17H2. The maximum absolute atomic E-state index is 8.59. The van der Waals surface area contributed by atoms with E-state index < -0.39 is 0 Å². The predicted molar refractivity (Wildman–Crippen MR) is 130 cm³/mol. The summed E-state index contributed by atoms with van der Waals surface area (Å²) < 4.78 is 0. The van der Waals surface area contributed by atoms with E-state index in [-0.39, 0.29) is 11.8 Å². The molecule has 0 spiro atoms. The Kier molecular flexibility index (Phi) is 5.01. The van der Waals surface area contributed by atoms with Crippen LogP contribution in [0.1, 0.15) is 34.6 Å². The molecule has 3 nitrogen and oxygen atoms in total. The minimum absolute atomic E-state index is 0.208. The van der Waals surface area contributed by atoms with Gasteiger partial charge < -0.3 is 0 Å². The lowest BCUT2D eigenvalue weighted by atomic mass is 9.89. The summed E-state index contributed by atoms with van der Waals surface area (Å²) >= 11 is 0. The number of rotatable bonds is 3. The van der Waals surface area contributed by atoms with E-state index in [2.05, 4.69) is 89.5 Å². The van der Waals surface area contributed by atoms with Crippen LogP contribution in [0.3, 0.4) is 0 Å². The monoisotopic (exact) mass is 401 g/mol. The van der Waals surface area contributed by atoms with E-state index in [1.54, 1.807) is 0 Å². The van der Waals surface area contributed by atoms with E-state index in [1.807, 2.05) is 18.2 Å². The smallest absolute Gasteiger partial charge is 0.161 e. The second-order valence-corrected chi connectivity index (χ2v) is 7.93. The Hall–Kier alpha value is -3.85. The number of allylic oxidation sites excluding steroid dienone is 2. The van der Waals surface area contributed by atoms with Crippen LogP contribution in [-0.4, -0.2) is 18.4 Å². The van der Waals surface area contributed by atoms with Crippen LogP contribution in [0, 0.1) is 5.41 Å². The summed E-state index contributed by atoms with van der Waals surface area (Å²) in [5.74, 6) is 0.946. The molecule has 0 aliphatic heterocycles. The van der Waals surface area contributed by atoms with Gasteiger partial charge in [-0.15, -0.1) is 0 Å². The van der Waals surface area contributed by atoms with E-state index >= 15 is 0 Å². The molecule has 31 heavy (non-hydrogen) atoms. The summed E-state index contributed by atoms with van der Waals surface area (Å²) in [5, 5.41) is 8.59. The minimum atomic E-state index is 0.208. The van der Waals surface area contributed by atoms with E-state index in [0.717, 1.165) is 24.0 Å². The quantitative estimate of drug-likeness (QED) is 0.307. The van der Waals surface area contributed by atoms with Gasteiger partial charge in [0.25, 0.3) is 0 Å². The lowest BCUT2D eigenvalue weighted by Gasteiger charge is -2.16. The van der Waals surface area contributed by atoms with Crippen molar-refractivity contribution >= 4 is 18.4 Å². The van der Waals surface area contributed by atoms with Gasteiger partial charge in [-0.1, -0.05) is 85.0 Å². The zero-order valence-corrected chi connectivity index (χ0v) is 17.3. The molecule has 0 fully saturated rings.